The van der Waals surface area contributed by atoms with E-state index in [1.54, 1.807) is 24.3 Å². The second kappa shape index (κ2) is 9.61. The molecule has 1 amide bonds. The lowest BCUT2D eigenvalue weighted by atomic mass is 10.2. The van der Waals surface area contributed by atoms with E-state index in [0.29, 0.717) is 18.0 Å². The summed E-state index contributed by atoms with van der Waals surface area (Å²) in [6.07, 6.45) is 0.933. The molecular formula is C23H23FN2O4S. The summed E-state index contributed by atoms with van der Waals surface area (Å²) in [5, 5.41) is 2.66. The van der Waals surface area contributed by atoms with Gasteiger partial charge in [-0.25, -0.2) is 12.8 Å². The van der Waals surface area contributed by atoms with Crippen LogP contribution in [0.5, 0.6) is 5.75 Å². The van der Waals surface area contributed by atoms with Gasteiger partial charge in [0.25, 0.3) is 0 Å². The highest BCUT2D eigenvalue weighted by atomic mass is 32.2. The van der Waals surface area contributed by atoms with E-state index < -0.39 is 27.8 Å². The van der Waals surface area contributed by atoms with Crippen LogP contribution in [0.3, 0.4) is 0 Å². The maximum absolute atomic E-state index is 14.2. The van der Waals surface area contributed by atoms with Crippen LogP contribution in [0.4, 0.5) is 15.8 Å². The molecule has 0 saturated carbocycles. The van der Waals surface area contributed by atoms with Crippen molar-refractivity contribution in [3.05, 3.63) is 90.2 Å². The first-order valence-corrected chi connectivity index (χ1v) is 11.4. The van der Waals surface area contributed by atoms with Gasteiger partial charge in [-0.2, -0.15) is 0 Å². The number of halogens is 1. The Balaban J connectivity index is 1.68. The molecule has 0 aliphatic rings. The van der Waals surface area contributed by atoms with E-state index in [1.807, 2.05) is 30.3 Å². The van der Waals surface area contributed by atoms with E-state index in [1.165, 1.54) is 25.1 Å². The summed E-state index contributed by atoms with van der Waals surface area (Å²) >= 11 is 0. The lowest BCUT2D eigenvalue weighted by Gasteiger charge is -2.28. The summed E-state index contributed by atoms with van der Waals surface area (Å²) in [5.74, 6) is -0.696. The molecule has 0 aliphatic heterocycles. The van der Waals surface area contributed by atoms with E-state index in [2.05, 4.69) is 5.32 Å². The molecular weight excluding hydrogens is 419 g/mol. The molecule has 0 unspecified atom stereocenters. The third-order valence-corrected chi connectivity index (χ3v) is 5.78. The van der Waals surface area contributed by atoms with Crippen LogP contribution in [-0.2, 0) is 21.4 Å². The summed E-state index contributed by atoms with van der Waals surface area (Å²) in [4.78, 5) is 12.7. The average Bonchev–Trinajstić information content (AvgIpc) is 2.74. The van der Waals surface area contributed by atoms with Gasteiger partial charge in [0.05, 0.1) is 11.9 Å². The molecule has 6 nitrogen and oxygen atoms in total. The van der Waals surface area contributed by atoms with E-state index in [-0.39, 0.29) is 5.69 Å². The quantitative estimate of drug-likeness (QED) is 0.567. The van der Waals surface area contributed by atoms with Crippen LogP contribution >= 0.6 is 0 Å². The van der Waals surface area contributed by atoms with Crippen molar-refractivity contribution in [1.29, 1.82) is 0 Å². The molecule has 1 N–H and O–H groups in total. The summed E-state index contributed by atoms with van der Waals surface area (Å²) < 4.78 is 45.3. The smallest absolute Gasteiger partial charge is 0.247 e. The van der Waals surface area contributed by atoms with Crippen molar-refractivity contribution in [2.75, 3.05) is 15.9 Å². The Hall–Kier alpha value is -3.39. The van der Waals surface area contributed by atoms with Gasteiger partial charge in [0.2, 0.25) is 15.9 Å². The zero-order valence-electron chi connectivity index (χ0n) is 17.2. The molecule has 8 heteroatoms. The monoisotopic (exact) mass is 442 g/mol. The zero-order chi connectivity index (χ0) is 22.4. The number of anilines is 2. The zero-order valence-corrected chi connectivity index (χ0v) is 18.0. The van der Waals surface area contributed by atoms with Crippen LogP contribution < -0.4 is 14.4 Å². The first-order chi connectivity index (χ1) is 14.8. The van der Waals surface area contributed by atoms with Gasteiger partial charge >= 0.3 is 0 Å². The number of carbonyl (C=O) groups excluding carboxylic acids is 1. The molecule has 3 aromatic rings. The Bertz CT molecular complexity index is 1140. The molecule has 0 fully saturated rings. The molecule has 0 radical (unpaired) electrons. The van der Waals surface area contributed by atoms with Gasteiger partial charge in [0.1, 0.15) is 24.2 Å². The predicted molar refractivity (Wildman–Crippen MR) is 119 cm³/mol. The van der Waals surface area contributed by atoms with E-state index in [0.717, 1.165) is 22.2 Å². The number of benzene rings is 3. The largest absolute Gasteiger partial charge is 0.489 e. The van der Waals surface area contributed by atoms with E-state index >= 15 is 0 Å². The van der Waals surface area contributed by atoms with Crippen LogP contribution in [-0.4, -0.2) is 26.6 Å². The van der Waals surface area contributed by atoms with Gasteiger partial charge in [-0.15, -0.1) is 0 Å². The van der Waals surface area contributed by atoms with Gasteiger partial charge in [-0.3, -0.25) is 9.10 Å². The van der Waals surface area contributed by atoms with Crippen LogP contribution in [0.1, 0.15) is 12.5 Å². The first-order valence-electron chi connectivity index (χ1n) is 9.57. The van der Waals surface area contributed by atoms with Gasteiger partial charge in [-0.05, 0) is 48.9 Å². The number of sulfonamides is 1. The Labute approximate surface area is 181 Å². The fourth-order valence-electron chi connectivity index (χ4n) is 3.03. The van der Waals surface area contributed by atoms with E-state index in [4.69, 9.17) is 4.74 Å². The predicted octanol–water partition coefficient (Wildman–Crippen LogP) is 4.20. The molecule has 0 aromatic heterocycles. The summed E-state index contributed by atoms with van der Waals surface area (Å²) in [7, 11) is -3.90. The molecule has 3 aromatic carbocycles. The second-order valence-electron chi connectivity index (χ2n) is 6.97. The van der Waals surface area contributed by atoms with Crippen LogP contribution in [0.2, 0.25) is 0 Å². The maximum atomic E-state index is 14.2. The minimum Gasteiger partial charge on any atom is -0.489 e. The molecule has 0 spiro atoms. The summed E-state index contributed by atoms with van der Waals surface area (Å²) in [5.41, 5.74) is 1.31. The van der Waals surface area contributed by atoms with Crippen molar-refractivity contribution >= 4 is 27.3 Å². The van der Waals surface area contributed by atoms with Crippen LogP contribution in [0, 0.1) is 5.82 Å². The Morgan fingerprint density at radius 3 is 2.23 bits per heavy atom. The van der Waals surface area contributed by atoms with Crippen molar-refractivity contribution < 1.29 is 22.3 Å². The molecule has 0 aliphatic carbocycles. The minimum absolute atomic E-state index is 0.183. The van der Waals surface area contributed by atoms with Crippen LogP contribution in [0.15, 0.2) is 78.9 Å². The Morgan fingerprint density at radius 2 is 1.61 bits per heavy atom. The topological polar surface area (TPSA) is 75.7 Å². The highest BCUT2D eigenvalue weighted by Gasteiger charge is 2.30. The van der Waals surface area contributed by atoms with Crippen molar-refractivity contribution in [3.63, 3.8) is 0 Å². The van der Waals surface area contributed by atoms with Crippen LogP contribution in [0.25, 0.3) is 0 Å². The fraction of sp³-hybridized carbons (Fsp3) is 0.174. The van der Waals surface area contributed by atoms with Crippen molar-refractivity contribution in [2.45, 2.75) is 19.6 Å². The van der Waals surface area contributed by atoms with Crippen molar-refractivity contribution in [2.24, 2.45) is 0 Å². The van der Waals surface area contributed by atoms with Crippen molar-refractivity contribution in [1.82, 2.24) is 0 Å². The van der Waals surface area contributed by atoms with Gasteiger partial charge in [-0.1, -0.05) is 42.5 Å². The number of para-hydroxylation sites is 1. The number of hydrogen-bond donors (Lipinski definition) is 1. The number of rotatable bonds is 8. The number of hydrogen-bond acceptors (Lipinski definition) is 4. The number of amides is 1. The molecule has 0 bridgehead atoms. The molecule has 0 saturated heterocycles. The first kappa shape index (κ1) is 22.3. The maximum Gasteiger partial charge on any atom is 0.247 e. The lowest BCUT2D eigenvalue weighted by molar-refractivity contribution is -0.116. The van der Waals surface area contributed by atoms with E-state index in [9.17, 15) is 17.6 Å². The van der Waals surface area contributed by atoms with Gasteiger partial charge in [0.15, 0.2) is 0 Å². The van der Waals surface area contributed by atoms with Crippen molar-refractivity contribution in [3.8, 4) is 5.75 Å². The minimum atomic E-state index is -3.90. The normalized spacial score (nSPS) is 12.1. The average molecular weight is 443 g/mol. The summed E-state index contributed by atoms with van der Waals surface area (Å²) in [6.45, 7) is 1.82. The molecule has 1 atom stereocenters. The molecule has 162 valence electrons. The third-order valence-electron chi connectivity index (χ3n) is 4.55. The lowest BCUT2D eigenvalue weighted by Crippen LogP contribution is -2.45. The summed E-state index contributed by atoms with van der Waals surface area (Å²) in [6, 6.07) is 20.7. The SMILES string of the molecule is C[C@H](C(=O)Nc1ccc(OCc2ccccc2)cc1)N(c1ccccc1F)S(C)(=O)=O. The number of nitrogens with zero attached hydrogens (tertiary/aromatic N) is 1. The van der Waals surface area contributed by atoms with Gasteiger partial charge < -0.3 is 10.1 Å². The molecule has 31 heavy (non-hydrogen) atoms. The fourth-order valence-corrected chi connectivity index (χ4v) is 4.21. The highest BCUT2D eigenvalue weighted by molar-refractivity contribution is 7.92. The molecule has 3 rings (SSSR count). The highest BCUT2D eigenvalue weighted by Crippen LogP contribution is 2.25. The second-order valence-corrected chi connectivity index (χ2v) is 8.83. The third kappa shape index (κ3) is 5.82. The number of ether oxygens (including phenoxy) is 1. The number of carbonyl (C=O) groups is 1. The van der Waals surface area contributed by atoms with Gasteiger partial charge in [0, 0.05) is 5.69 Å². The number of nitrogens with one attached hydrogen (secondary N) is 1. The standard InChI is InChI=1S/C23H23FN2O4S/c1-17(26(31(2,28)29)22-11-7-6-10-21(22)24)23(27)25-19-12-14-20(15-13-19)30-16-18-8-4-3-5-9-18/h3-15,17H,16H2,1-2H3,(H,25,27)/t17-/m1/s1. The Kier molecular flexibility index (Phi) is 6.91. The Morgan fingerprint density at radius 1 is 1.00 bits per heavy atom. The molecule has 0 heterocycles.